The van der Waals surface area contributed by atoms with E-state index in [0.29, 0.717) is 0 Å². The van der Waals surface area contributed by atoms with Gasteiger partial charge in [-0.1, -0.05) is 109 Å². The molecule has 0 atom stereocenters. The Bertz CT molecular complexity index is 2410. The third kappa shape index (κ3) is 2.52. The molecule has 2 heterocycles. The Morgan fingerprint density at radius 2 is 0.974 bits per heavy atom. The smallest absolute Gasteiger partial charge is 0.0620 e. The quantitative estimate of drug-likeness (QED) is 0.197. The Kier molecular flexibility index (Phi) is 3.90. The molecule has 0 saturated heterocycles. The zero-order valence-electron chi connectivity index (χ0n) is 20.4. The Hall–Kier alpha value is -4.59. The summed E-state index contributed by atoms with van der Waals surface area (Å²) in [7, 11) is 0. The van der Waals surface area contributed by atoms with Crippen molar-refractivity contribution in [3.63, 3.8) is 0 Å². The molecule has 0 radical (unpaired) electrons. The van der Waals surface area contributed by atoms with Crippen molar-refractivity contribution in [3.8, 4) is 11.1 Å². The standard InChI is InChI=1S/C36H20ClN/c37-32-19-22(18-31-25-10-2-1-8-23(25)24-9-3-4-12-28(24)35(31)32)21-16-17-27-30-14-7-13-29-26-11-5-6-15-33(26)38(36(29)30)34(27)20-21/h1-20H. The minimum Gasteiger partial charge on any atom is -0.308 e. The van der Waals surface area contributed by atoms with E-state index in [-0.39, 0.29) is 0 Å². The van der Waals surface area contributed by atoms with Crippen LogP contribution in [0.3, 0.4) is 0 Å². The minimum atomic E-state index is 0.789. The topological polar surface area (TPSA) is 4.41 Å². The molecule has 2 aromatic heterocycles. The van der Waals surface area contributed by atoms with E-state index in [1.807, 2.05) is 0 Å². The van der Waals surface area contributed by atoms with Crippen molar-refractivity contribution in [1.29, 1.82) is 0 Å². The summed E-state index contributed by atoms with van der Waals surface area (Å²) in [5.74, 6) is 0. The number of nitrogens with zero attached hydrogens (tertiary/aromatic N) is 1. The molecular formula is C36H20ClN. The highest BCUT2D eigenvalue weighted by atomic mass is 35.5. The van der Waals surface area contributed by atoms with E-state index in [0.717, 1.165) is 16.0 Å². The van der Waals surface area contributed by atoms with Gasteiger partial charge in [-0.3, -0.25) is 0 Å². The molecule has 0 saturated carbocycles. The molecule has 0 amide bonds. The number of rotatable bonds is 1. The van der Waals surface area contributed by atoms with Crippen LogP contribution in [0.25, 0.3) is 81.5 Å². The van der Waals surface area contributed by atoms with Crippen molar-refractivity contribution in [2.24, 2.45) is 0 Å². The lowest BCUT2D eigenvalue weighted by Crippen LogP contribution is -1.87. The number of fused-ring (bicyclic) bond motifs is 12. The monoisotopic (exact) mass is 501 g/mol. The van der Waals surface area contributed by atoms with Gasteiger partial charge in [0.1, 0.15) is 0 Å². The lowest BCUT2D eigenvalue weighted by Gasteiger charge is -2.14. The van der Waals surface area contributed by atoms with E-state index in [9.17, 15) is 0 Å². The van der Waals surface area contributed by atoms with E-state index in [1.54, 1.807) is 0 Å². The van der Waals surface area contributed by atoms with E-state index in [2.05, 4.69) is 126 Å². The summed E-state index contributed by atoms with van der Waals surface area (Å²) in [4.78, 5) is 0. The second kappa shape index (κ2) is 7.25. The van der Waals surface area contributed by atoms with Crippen molar-refractivity contribution >= 4 is 82.0 Å². The highest BCUT2D eigenvalue weighted by Gasteiger charge is 2.18. The predicted octanol–water partition coefficient (Wildman–Crippen LogP) is 10.6. The zero-order chi connectivity index (χ0) is 25.0. The molecule has 38 heavy (non-hydrogen) atoms. The Morgan fingerprint density at radius 1 is 0.395 bits per heavy atom. The van der Waals surface area contributed by atoms with Gasteiger partial charge in [-0.25, -0.2) is 0 Å². The van der Waals surface area contributed by atoms with Gasteiger partial charge in [-0.05, 0) is 62.3 Å². The average Bonchev–Trinajstić information content (AvgIpc) is 3.49. The largest absolute Gasteiger partial charge is 0.308 e. The first-order valence-corrected chi connectivity index (χ1v) is 13.4. The van der Waals surface area contributed by atoms with Crippen LogP contribution in [0.5, 0.6) is 0 Å². The van der Waals surface area contributed by atoms with Crippen LogP contribution in [0, 0.1) is 0 Å². The normalized spacial score (nSPS) is 12.3. The zero-order valence-corrected chi connectivity index (χ0v) is 21.1. The summed E-state index contributed by atoms with van der Waals surface area (Å²) in [6, 6.07) is 43.9. The van der Waals surface area contributed by atoms with E-state index >= 15 is 0 Å². The van der Waals surface area contributed by atoms with Gasteiger partial charge < -0.3 is 4.40 Å². The molecule has 1 nitrogen and oxygen atoms in total. The average molecular weight is 502 g/mol. The number of halogens is 1. The first-order chi connectivity index (χ1) is 18.8. The summed E-state index contributed by atoms with van der Waals surface area (Å²) in [6.07, 6.45) is 0. The molecule has 0 fully saturated rings. The van der Waals surface area contributed by atoms with Gasteiger partial charge in [0, 0.05) is 32.0 Å². The van der Waals surface area contributed by atoms with Crippen LogP contribution >= 0.6 is 11.6 Å². The molecule has 0 N–H and O–H groups in total. The fraction of sp³-hybridized carbons (Fsp3) is 0. The maximum Gasteiger partial charge on any atom is 0.0620 e. The van der Waals surface area contributed by atoms with Crippen LogP contribution in [0.2, 0.25) is 5.02 Å². The summed E-state index contributed by atoms with van der Waals surface area (Å²) < 4.78 is 2.43. The highest BCUT2D eigenvalue weighted by molar-refractivity contribution is 6.41. The molecule has 0 bridgehead atoms. The summed E-state index contributed by atoms with van der Waals surface area (Å²) >= 11 is 7.10. The van der Waals surface area contributed by atoms with E-state index in [1.165, 1.54) is 70.6 Å². The van der Waals surface area contributed by atoms with Gasteiger partial charge in [0.15, 0.2) is 0 Å². The van der Waals surface area contributed by atoms with Gasteiger partial charge in [-0.2, -0.15) is 0 Å². The SMILES string of the molecule is Clc1cc(-c2ccc3c4cccc5c6ccccc6n(c3c2)c54)cc2c3ccccc3c3ccccc3c12. The second-order valence-electron chi connectivity index (χ2n) is 10.3. The highest BCUT2D eigenvalue weighted by Crippen LogP contribution is 2.43. The number of hydrogen-bond acceptors (Lipinski definition) is 0. The van der Waals surface area contributed by atoms with Gasteiger partial charge >= 0.3 is 0 Å². The van der Waals surface area contributed by atoms with Crippen molar-refractivity contribution in [1.82, 2.24) is 4.40 Å². The molecule has 0 unspecified atom stereocenters. The van der Waals surface area contributed by atoms with Crippen LogP contribution < -0.4 is 0 Å². The Balaban J connectivity index is 1.40. The maximum absolute atomic E-state index is 7.10. The fourth-order valence-electron chi connectivity index (χ4n) is 6.76. The van der Waals surface area contributed by atoms with Crippen LogP contribution in [0.1, 0.15) is 0 Å². The summed E-state index contributed by atoms with van der Waals surface area (Å²) in [5.41, 5.74) is 6.09. The Morgan fingerprint density at radius 3 is 1.74 bits per heavy atom. The van der Waals surface area contributed by atoms with Crippen molar-refractivity contribution in [2.75, 3.05) is 0 Å². The predicted molar refractivity (Wildman–Crippen MR) is 164 cm³/mol. The summed E-state index contributed by atoms with van der Waals surface area (Å²) in [6.45, 7) is 0. The second-order valence-corrected chi connectivity index (χ2v) is 10.7. The molecule has 0 aliphatic carbocycles. The lowest BCUT2D eigenvalue weighted by molar-refractivity contribution is 1.37. The van der Waals surface area contributed by atoms with Gasteiger partial charge in [-0.15, -0.1) is 0 Å². The van der Waals surface area contributed by atoms with Crippen LogP contribution in [0.4, 0.5) is 0 Å². The molecule has 2 heteroatoms. The first-order valence-electron chi connectivity index (χ1n) is 13.0. The number of aromatic nitrogens is 1. The molecule has 176 valence electrons. The van der Waals surface area contributed by atoms with Gasteiger partial charge in [0.25, 0.3) is 0 Å². The van der Waals surface area contributed by atoms with E-state index in [4.69, 9.17) is 11.6 Å². The molecular weight excluding hydrogens is 482 g/mol. The summed E-state index contributed by atoms with van der Waals surface area (Å²) in [5, 5.41) is 13.2. The van der Waals surface area contributed by atoms with Gasteiger partial charge in [0.05, 0.1) is 16.6 Å². The maximum atomic E-state index is 7.10. The number of para-hydroxylation sites is 2. The Labute approximate surface area is 223 Å². The third-order valence-corrected chi connectivity index (χ3v) is 8.65. The van der Waals surface area contributed by atoms with Crippen LogP contribution in [-0.4, -0.2) is 4.40 Å². The van der Waals surface area contributed by atoms with Crippen LogP contribution in [-0.2, 0) is 0 Å². The molecule has 0 aliphatic heterocycles. The molecule has 9 aromatic rings. The molecule has 0 spiro atoms. The van der Waals surface area contributed by atoms with E-state index < -0.39 is 0 Å². The van der Waals surface area contributed by atoms with Crippen molar-refractivity contribution < 1.29 is 0 Å². The number of benzene rings is 7. The third-order valence-electron chi connectivity index (χ3n) is 8.35. The van der Waals surface area contributed by atoms with Crippen molar-refractivity contribution in [3.05, 3.63) is 126 Å². The minimum absolute atomic E-state index is 0.789. The van der Waals surface area contributed by atoms with Crippen LogP contribution in [0.15, 0.2) is 121 Å². The molecule has 0 aliphatic rings. The van der Waals surface area contributed by atoms with Crippen molar-refractivity contribution in [2.45, 2.75) is 0 Å². The molecule has 9 rings (SSSR count). The lowest BCUT2D eigenvalue weighted by atomic mass is 9.92. The number of hydrogen-bond donors (Lipinski definition) is 0. The fourth-order valence-corrected chi connectivity index (χ4v) is 7.08. The molecule has 7 aromatic carbocycles. The van der Waals surface area contributed by atoms with Gasteiger partial charge in [0.2, 0.25) is 0 Å². The first kappa shape index (κ1) is 20.5.